The number of benzene rings is 2. The molecule has 0 spiro atoms. The molecule has 122 valence electrons. The maximum absolute atomic E-state index is 12.3. The van der Waals surface area contributed by atoms with Crippen molar-refractivity contribution in [1.82, 2.24) is 5.32 Å². The van der Waals surface area contributed by atoms with E-state index in [1.807, 2.05) is 50.2 Å². The molecule has 0 heterocycles. The number of ether oxygens (including phenoxy) is 2. The zero-order chi connectivity index (χ0) is 16.7. The highest BCUT2D eigenvalue weighted by molar-refractivity contribution is 5.81. The third-order valence-electron chi connectivity index (χ3n) is 3.72. The highest BCUT2D eigenvalue weighted by Gasteiger charge is 2.18. The van der Waals surface area contributed by atoms with Gasteiger partial charge in [0, 0.05) is 6.54 Å². The molecule has 1 N–H and O–H groups in total. The molecule has 4 heteroatoms. The van der Waals surface area contributed by atoms with Crippen molar-refractivity contribution in [3.8, 4) is 11.5 Å². The van der Waals surface area contributed by atoms with Crippen LogP contribution in [0.25, 0.3) is 0 Å². The summed E-state index contributed by atoms with van der Waals surface area (Å²) in [5.41, 5.74) is 2.28. The predicted octanol–water partition coefficient (Wildman–Crippen LogP) is 3.48. The van der Waals surface area contributed by atoms with Crippen molar-refractivity contribution in [1.29, 1.82) is 0 Å². The van der Waals surface area contributed by atoms with E-state index in [0.29, 0.717) is 18.7 Å². The second-order valence-corrected chi connectivity index (χ2v) is 5.33. The number of aryl methyl sites for hydroxylation is 1. The number of hydrogen-bond acceptors (Lipinski definition) is 3. The second-order valence-electron chi connectivity index (χ2n) is 5.33. The van der Waals surface area contributed by atoms with E-state index in [4.69, 9.17) is 9.47 Å². The van der Waals surface area contributed by atoms with Crippen LogP contribution in [-0.2, 0) is 11.3 Å². The van der Waals surface area contributed by atoms with Crippen LogP contribution in [0.5, 0.6) is 11.5 Å². The van der Waals surface area contributed by atoms with E-state index in [-0.39, 0.29) is 5.91 Å². The van der Waals surface area contributed by atoms with E-state index >= 15 is 0 Å². The SMILES string of the molecule is CC[C@@H](Oc1ccc(OC)cc1)C(=O)NCc1ccccc1C. The van der Waals surface area contributed by atoms with Gasteiger partial charge in [0.1, 0.15) is 11.5 Å². The Hall–Kier alpha value is -2.49. The molecule has 1 atom stereocenters. The Bertz CT molecular complexity index is 637. The monoisotopic (exact) mass is 313 g/mol. The van der Waals surface area contributed by atoms with Gasteiger partial charge in [-0.15, -0.1) is 0 Å². The summed E-state index contributed by atoms with van der Waals surface area (Å²) >= 11 is 0. The average molecular weight is 313 g/mol. The van der Waals surface area contributed by atoms with E-state index in [9.17, 15) is 4.79 Å². The molecule has 0 radical (unpaired) electrons. The molecule has 0 aromatic heterocycles. The molecule has 2 aromatic carbocycles. The van der Waals surface area contributed by atoms with Crippen molar-refractivity contribution >= 4 is 5.91 Å². The van der Waals surface area contributed by atoms with E-state index in [0.717, 1.165) is 16.9 Å². The van der Waals surface area contributed by atoms with Crippen LogP contribution in [0.15, 0.2) is 48.5 Å². The molecular formula is C19H23NO3. The minimum absolute atomic E-state index is 0.105. The van der Waals surface area contributed by atoms with Crippen LogP contribution in [0.3, 0.4) is 0 Å². The molecule has 2 rings (SSSR count). The Morgan fingerprint density at radius 2 is 1.74 bits per heavy atom. The minimum atomic E-state index is -0.507. The molecule has 0 aliphatic carbocycles. The maximum atomic E-state index is 12.3. The van der Waals surface area contributed by atoms with Crippen molar-refractivity contribution in [3.63, 3.8) is 0 Å². The summed E-state index contributed by atoms with van der Waals surface area (Å²) < 4.78 is 10.9. The number of rotatable bonds is 7. The van der Waals surface area contributed by atoms with Crippen LogP contribution in [0, 0.1) is 6.92 Å². The van der Waals surface area contributed by atoms with Crippen LogP contribution < -0.4 is 14.8 Å². The van der Waals surface area contributed by atoms with Gasteiger partial charge in [-0.1, -0.05) is 31.2 Å². The standard InChI is InChI=1S/C19H23NO3/c1-4-18(23-17-11-9-16(22-3)10-12-17)19(21)20-13-15-8-6-5-7-14(15)2/h5-12,18H,4,13H2,1-3H3,(H,20,21)/t18-/m1/s1. The number of carbonyl (C=O) groups excluding carboxylic acids is 1. The van der Waals surface area contributed by atoms with Crippen LogP contribution in [0.1, 0.15) is 24.5 Å². The molecule has 0 unspecified atom stereocenters. The smallest absolute Gasteiger partial charge is 0.261 e. The zero-order valence-electron chi connectivity index (χ0n) is 13.8. The molecule has 0 saturated heterocycles. The lowest BCUT2D eigenvalue weighted by atomic mass is 10.1. The molecular weight excluding hydrogens is 290 g/mol. The van der Waals surface area contributed by atoms with Gasteiger partial charge >= 0.3 is 0 Å². The first-order chi connectivity index (χ1) is 11.1. The lowest BCUT2D eigenvalue weighted by Gasteiger charge is -2.18. The molecule has 1 amide bonds. The molecule has 0 fully saturated rings. The topological polar surface area (TPSA) is 47.6 Å². The van der Waals surface area contributed by atoms with Crippen molar-refractivity contribution in [2.24, 2.45) is 0 Å². The molecule has 23 heavy (non-hydrogen) atoms. The first-order valence-corrected chi connectivity index (χ1v) is 7.77. The molecule has 0 aliphatic rings. The number of carbonyl (C=O) groups is 1. The van der Waals surface area contributed by atoms with Gasteiger partial charge in [0.05, 0.1) is 7.11 Å². The summed E-state index contributed by atoms with van der Waals surface area (Å²) in [6, 6.07) is 15.2. The third-order valence-corrected chi connectivity index (χ3v) is 3.72. The highest BCUT2D eigenvalue weighted by Crippen LogP contribution is 2.19. The van der Waals surface area contributed by atoms with Crippen LogP contribution >= 0.6 is 0 Å². The van der Waals surface area contributed by atoms with Gasteiger partial charge in [-0.2, -0.15) is 0 Å². The predicted molar refractivity (Wildman–Crippen MR) is 90.7 cm³/mol. The lowest BCUT2D eigenvalue weighted by Crippen LogP contribution is -2.37. The lowest BCUT2D eigenvalue weighted by molar-refractivity contribution is -0.128. The van der Waals surface area contributed by atoms with Crippen molar-refractivity contribution in [3.05, 3.63) is 59.7 Å². The van der Waals surface area contributed by atoms with Crippen molar-refractivity contribution < 1.29 is 14.3 Å². The summed E-state index contributed by atoms with van der Waals surface area (Å²) in [5.74, 6) is 1.31. The summed E-state index contributed by atoms with van der Waals surface area (Å²) in [7, 11) is 1.61. The summed E-state index contributed by atoms with van der Waals surface area (Å²) in [6.07, 6.45) is 0.0958. The van der Waals surface area contributed by atoms with Crippen LogP contribution in [0.4, 0.5) is 0 Å². The fourth-order valence-electron chi connectivity index (χ4n) is 2.25. The normalized spacial score (nSPS) is 11.6. The highest BCUT2D eigenvalue weighted by atomic mass is 16.5. The van der Waals surface area contributed by atoms with Gasteiger partial charge in [-0.3, -0.25) is 4.79 Å². The molecule has 4 nitrogen and oxygen atoms in total. The first-order valence-electron chi connectivity index (χ1n) is 7.77. The number of methoxy groups -OCH3 is 1. The van der Waals surface area contributed by atoms with E-state index in [1.54, 1.807) is 19.2 Å². The number of amides is 1. The Labute approximate surface area is 137 Å². The van der Waals surface area contributed by atoms with Gasteiger partial charge in [0.2, 0.25) is 0 Å². The summed E-state index contributed by atoms with van der Waals surface area (Å²) in [6.45, 7) is 4.47. The van der Waals surface area contributed by atoms with Gasteiger partial charge in [-0.25, -0.2) is 0 Å². The van der Waals surface area contributed by atoms with Gasteiger partial charge in [0.25, 0.3) is 5.91 Å². The molecule has 2 aromatic rings. The minimum Gasteiger partial charge on any atom is -0.497 e. The second kappa shape index (κ2) is 8.22. The van der Waals surface area contributed by atoms with E-state index in [1.165, 1.54) is 0 Å². The summed E-state index contributed by atoms with van der Waals surface area (Å²) in [5, 5.41) is 2.94. The Morgan fingerprint density at radius 1 is 1.09 bits per heavy atom. The van der Waals surface area contributed by atoms with Crippen LogP contribution in [-0.4, -0.2) is 19.1 Å². The van der Waals surface area contributed by atoms with E-state index in [2.05, 4.69) is 5.32 Å². The third kappa shape index (κ3) is 4.74. The average Bonchev–Trinajstić information content (AvgIpc) is 2.59. The quantitative estimate of drug-likeness (QED) is 0.851. The molecule has 0 bridgehead atoms. The first kappa shape index (κ1) is 16.9. The zero-order valence-corrected chi connectivity index (χ0v) is 13.8. The molecule has 0 saturated carbocycles. The van der Waals surface area contributed by atoms with Gasteiger partial charge in [-0.05, 0) is 48.7 Å². The summed E-state index contributed by atoms with van der Waals surface area (Å²) in [4.78, 5) is 12.3. The fraction of sp³-hybridized carbons (Fsp3) is 0.316. The maximum Gasteiger partial charge on any atom is 0.261 e. The number of hydrogen-bond donors (Lipinski definition) is 1. The Balaban J connectivity index is 1.94. The Morgan fingerprint density at radius 3 is 2.35 bits per heavy atom. The van der Waals surface area contributed by atoms with Gasteiger partial charge < -0.3 is 14.8 Å². The Kier molecular flexibility index (Phi) is 6.03. The fourth-order valence-corrected chi connectivity index (χ4v) is 2.25. The number of nitrogens with one attached hydrogen (secondary N) is 1. The largest absolute Gasteiger partial charge is 0.497 e. The van der Waals surface area contributed by atoms with Gasteiger partial charge in [0.15, 0.2) is 6.10 Å². The van der Waals surface area contributed by atoms with Crippen molar-refractivity contribution in [2.45, 2.75) is 32.9 Å². The van der Waals surface area contributed by atoms with E-state index < -0.39 is 6.10 Å². The molecule has 0 aliphatic heterocycles. The van der Waals surface area contributed by atoms with Crippen LogP contribution in [0.2, 0.25) is 0 Å². The van der Waals surface area contributed by atoms with Crippen molar-refractivity contribution in [2.75, 3.05) is 7.11 Å².